The van der Waals surface area contributed by atoms with E-state index >= 15 is 0 Å². The first-order chi connectivity index (χ1) is 25.8. The van der Waals surface area contributed by atoms with Gasteiger partial charge in [-0.25, -0.2) is 4.98 Å². The lowest BCUT2D eigenvalue weighted by molar-refractivity contribution is 1.21. The average molecular weight is 659 g/mol. The summed E-state index contributed by atoms with van der Waals surface area (Å²) in [6, 6.07) is 63.6. The maximum atomic E-state index is 5.22. The molecule has 0 aliphatic carbocycles. The highest BCUT2D eigenvalue weighted by Gasteiger charge is 2.18. The third kappa shape index (κ3) is 4.31. The second-order valence-electron chi connectivity index (χ2n) is 13.7. The quantitative estimate of drug-likeness (QED) is 0.176. The molecule has 52 heavy (non-hydrogen) atoms. The lowest BCUT2D eigenvalue weighted by Gasteiger charge is -2.18. The van der Waals surface area contributed by atoms with Crippen molar-refractivity contribution in [2.24, 2.45) is 0 Å². The molecule has 0 N–H and O–H groups in total. The third-order valence-corrected chi connectivity index (χ3v) is 10.8. The van der Waals surface area contributed by atoms with Crippen molar-refractivity contribution in [3.05, 3.63) is 182 Å². The molecule has 11 rings (SSSR count). The number of fused-ring (bicyclic) bond motifs is 2. The summed E-state index contributed by atoms with van der Waals surface area (Å²) in [5.41, 5.74) is 8.15. The Hall–Kier alpha value is -6.90. The maximum absolute atomic E-state index is 5.22. The molecule has 0 bridgehead atoms. The first kappa shape index (κ1) is 28.9. The number of hydrogen-bond acceptors (Lipinski definition) is 2. The molecular formula is C50H30N2. The van der Waals surface area contributed by atoms with Crippen molar-refractivity contribution in [2.75, 3.05) is 0 Å². The van der Waals surface area contributed by atoms with E-state index in [2.05, 4.69) is 152 Å². The van der Waals surface area contributed by atoms with Gasteiger partial charge in [0.1, 0.15) is 0 Å². The molecular weight excluding hydrogens is 629 g/mol. The second-order valence-corrected chi connectivity index (χ2v) is 13.7. The summed E-state index contributed by atoms with van der Waals surface area (Å²) >= 11 is 0. The van der Waals surface area contributed by atoms with E-state index in [0.717, 1.165) is 33.8 Å². The summed E-state index contributed by atoms with van der Waals surface area (Å²) in [4.78, 5) is 10.2. The zero-order chi connectivity index (χ0) is 34.2. The molecule has 0 fully saturated rings. The van der Waals surface area contributed by atoms with Gasteiger partial charge in [-0.05, 0) is 81.8 Å². The highest BCUT2D eigenvalue weighted by molar-refractivity contribution is 6.37. The van der Waals surface area contributed by atoms with E-state index < -0.39 is 0 Å². The summed E-state index contributed by atoms with van der Waals surface area (Å²) in [6.07, 6.45) is 1.90. The Morgan fingerprint density at radius 2 is 0.788 bits per heavy atom. The van der Waals surface area contributed by atoms with Crippen LogP contribution in [0.1, 0.15) is 0 Å². The Bertz CT molecular complexity index is 3150. The highest BCUT2D eigenvalue weighted by Crippen LogP contribution is 2.45. The smallest absolute Gasteiger partial charge is 0.0972 e. The first-order valence-electron chi connectivity index (χ1n) is 17.8. The van der Waals surface area contributed by atoms with Crippen LogP contribution in [0.5, 0.6) is 0 Å². The van der Waals surface area contributed by atoms with E-state index in [-0.39, 0.29) is 0 Å². The van der Waals surface area contributed by atoms with E-state index in [0.29, 0.717) is 0 Å². The fraction of sp³-hybridized carbons (Fsp3) is 0. The number of nitrogens with zero attached hydrogens (tertiary/aromatic N) is 2. The van der Waals surface area contributed by atoms with Gasteiger partial charge in [0.05, 0.1) is 23.3 Å². The second kappa shape index (κ2) is 11.3. The largest absolute Gasteiger partial charge is 0.252 e. The van der Waals surface area contributed by atoms with Gasteiger partial charge in [-0.3, -0.25) is 4.98 Å². The van der Waals surface area contributed by atoms with Crippen molar-refractivity contribution in [3.8, 4) is 44.9 Å². The third-order valence-electron chi connectivity index (χ3n) is 10.8. The molecule has 2 heteroatoms. The zero-order valence-electron chi connectivity index (χ0n) is 28.2. The Labute approximate surface area is 300 Å². The Morgan fingerprint density at radius 1 is 0.308 bits per heavy atom. The van der Waals surface area contributed by atoms with Gasteiger partial charge >= 0.3 is 0 Å². The van der Waals surface area contributed by atoms with Gasteiger partial charge in [0.2, 0.25) is 0 Å². The van der Waals surface area contributed by atoms with Gasteiger partial charge < -0.3 is 0 Å². The van der Waals surface area contributed by atoms with Crippen LogP contribution in [-0.2, 0) is 0 Å². The number of aromatic nitrogens is 2. The molecule has 0 saturated carbocycles. The van der Waals surface area contributed by atoms with Crippen molar-refractivity contribution >= 4 is 64.6 Å². The van der Waals surface area contributed by atoms with Crippen molar-refractivity contribution in [1.29, 1.82) is 0 Å². The SMILES string of the molecule is c1ccc(-c2ncc(-c3ccc(-c4cc5cccc6c7cccc8ccc9cccc(c%10cccc4c%10c56)c9c87)cc3)nc2-c2ccccc2)cc1. The molecule has 0 amide bonds. The molecule has 11 aromatic rings. The molecule has 0 aliphatic rings. The molecule has 0 aliphatic heterocycles. The highest BCUT2D eigenvalue weighted by atomic mass is 14.8. The Morgan fingerprint density at radius 3 is 1.40 bits per heavy atom. The van der Waals surface area contributed by atoms with E-state index in [1.165, 1.54) is 75.8 Å². The van der Waals surface area contributed by atoms with Crippen LogP contribution < -0.4 is 0 Å². The maximum Gasteiger partial charge on any atom is 0.0972 e. The molecule has 2 nitrogen and oxygen atoms in total. The van der Waals surface area contributed by atoms with Gasteiger partial charge in [0.25, 0.3) is 0 Å². The van der Waals surface area contributed by atoms with Crippen molar-refractivity contribution < 1.29 is 0 Å². The van der Waals surface area contributed by atoms with Gasteiger partial charge in [0.15, 0.2) is 0 Å². The van der Waals surface area contributed by atoms with E-state index in [9.17, 15) is 0 Å². The summed E-state index contributed by atoms with van der Waals surface area (Å²) in [7, 11) is 0. The normalized spacial score (nSPS) is 11.8. The van der Waals surface area contributed by atoms with Crippen LogP contribution in [0, 0.1) is 0 Å². The molecule has 0 atom stereocenters. The Balaban J connectivity index is 1.13. The summed E-state index contributed by atoms with van der Waals surface area (Å²) in [5.74, 6) is 0. The minimum absolute atomic E-state index is 0.850. The van der Waals surface area contributed by atoms with Gasteiger partial charge in [-0.15, -0.1) is 0 Å². The van der Waals surface area contributed by atoms with E-state index in [4.69, 9.17) is 9.97 Å². The minimum atomic E-state index is 0.850. The van der Waals surface area contributed by atoms with Crippen LogP contribution in [0.4, 0.5) is 0 Å². The minimum Gasteiger partial charge on any atom is -0.252 e. The number of benzene rings is 9. The number of hydrogen-bond donors (Lipinski definition) is 0. The monoisotopic (exact) mass is 658 g/mol. The molecule has 0 spiro atoms. The van der Waals surface area contributed by atoms with Crippen LogP contribution in [0.25, 0.3) is 110 Å². The lowest BCUT2D eigenvalue weighted by Crippen LogP contribution is -1.96. The molecule has 240 valence electrons. The predicted molar refractivity (Wildman–Crippen MR) is 220 cm³/mol. The molecule has 0 radical (unpaired) electrons. The Kier molecular flexibility index (Phi) is 6.28. The van der Waals surface area contributed by atoms with Crippen LogP contribution in [0.3, 0.4) is 0 Å². The van der Waals surface area contributed by atoms with Crippen LogP contribution in [0.2, 0.25) is 0 Å². The fourth-order valence-corrected chi connectivity index (χ4v) is 8.49. The van der Waals surface area contributed by atoms with Gasteiger partial charge in [-0.1, -0.05) is 170 Å². The lowest BCUT2D eigenvalue weighted by atomic mass is 9.85. The summed E-state index contributed by atoms with van der Waals surface area (Å²) in [5, 5.41) is 15.5. The van der Waals surface area contributed by atoms with Crippen molar-refractivity contribution in [1.82, 2.24) is 9.97 Å². The summed E-state index contributed by atoms with van der Waals surface area (Å²) in [6.45, 7) is 0. The van der Waals surface area contributed by atoms with Gasteiger partial charge in [0, 0.05) is 16.7 Å². The molecule has 1 aromatic heterocycles. The van der Waals surface area contributed by atoms with Crippen LogP contribution in [-0.4, -0.2) is 9.97 Å². The zero-order valence-corrected chi connectivity index (χ0v) is 28.2. The summed E-state index contributed by atoms with van der Waals surface area (Å²) < 4.78 is 0. The van der Waals surface area contributed by atoms with E-state index in [1.54, 1.807) is 0 Å². The van der Waals surface area contributed by atoms with Gasteiger partial charge in [-0.2, -0.15) is 0 Å². The van der Waals surface area contributed by atoms with Crippen molar-refractivity contribution in [2.45, 2.75) is 0 Å². The molecule has 0 unspecified atom stereocenters. The predicted octanol–water partition coefficient (Wildman–Crippen LogP) is 13.5. The molecule has 0 saturated heterocycles. The van der Waals surface area contributed by atoms with E-state index in [1.807, 2.05) is 30.5 Å². The van der Waals surface area contributed by atoms with Crippen LogP contribution in [0.15, 0.2) is 182 Å². The molecule has 1 heterocycles. The average Bonchev–Trinajstić information content (AvgIpc) is 3.22. The topological polar surface area (TPSA) is 25.8 Å². The van der Waals surface area contributed by atoms with Crippen molar-refractivity contribution in [3.63, 3.8) is 0 Å². The fourth-order valence-electron chi connectivity index (χ4n) is 8.49. The standard InChI is InChI=1S/C50H30N2/c1-3-11-35(12-4-1)49-50(36-13-5-2-6-14-36)52-44(30-51-49)32-25-23-31(24-26-32)43-29-37-17-9-20-39-38-18-7-15-33-27-28-34-16-8-19-40(46(34)45(33)38)41-21-10-22-42(43)48(41)47(37)39/h1-30H. The number of rotatable bonds is 4. The first-order valence-corrected chi connectivity index (χ1v) is 17.8. The molecule has 10 aromatic carbocycles. The van der Waals surface area contributed by atoms with Crippen LogP contribution >= 0.6 is 0 Å².